The fourth-order valence-corrected chi connectivity index (χ4v) is 2.74. The zero-order valence-electron chi connectivity index (χ0n) is 9.53. The summed E-state index contributed by atoms with van der Waals surface area (Å²) in [5, 5.41) is 0.847. The van der Waals surface area contributed by atoms with Crippen LogP contribution in [0.15, 0.2) is 22.7 Å². The Morgan fingerprint density at radius 1 is 1.47 bits per heavy atom. The van der Waals surface area contributed by atoms with E-state index >= 15 is 0 Å². The van der Waals surface area contributed by atoms with Gasteiger partial charge in [-0.05, 0) is 49.2 Å². The van der Waals surface area contributed by atoms with E-state index in [1.165, 1.54) is 12.0 Å². The third kappa shape index (κ3) is 4.11. The van der Waals surface area contributed by atoms with Crippen LogP contribution in [0.2, 0.25) is 5.02 Å². The molecule has 5 heteroatoms. The molecule has 17 heavy (non-hydrogen) atoms. The molecule has 1 saturated heterocycles. The molecule has 1 aliphatic rings. The zero-order valence-corrected chi connectivity index (χ0v) is 12.7. The average Bonchev–Trinajstić information content (AvgIpc) is 2.71. The molecule has 2 N–H and O–H groups in total. The lowest BCUT2D eigenvalue weighted by Crippen LogP contribution is -2.22. The molecule has 0 spiro atoms. The van der Waals surface area contributed by atoms with Crippen LogP contribution in [0.25, 0.3) is 0 Å². The standard InChI is InChI=1S/C12H16BrClN2.ClH/c13-11-1-2-12(14)10(5-11)8-16-4-3-9(6-15)7-16;/h1-2,5,9H,3-4,6-8,15H2;1H. The largest absolute Gasteiger partial charge is 0.330 e. The van der Waals surface area contributed by atoms with Crippen LogP contribution in [0.5, 0.6) is 0 Å². The number of hydrogen-bond donors (Lipinski definition) is 1. The van der Waals surface area contributed by atoms with Crippen molar-refractivity contribution in [2.75, 3.05) is 19.6 Å². The lowest BCUT2D eigenvalue weighted by molar-refractivity contribution is 0.318. The highest BCUT2D eigenvalue weighted by Crippen LogP contribution is 2.24. The normalized spacial score (nSPS) is 20.3. The van der Waals surface area contributed by atoms with Gasteiger partial charge in [0.1, 0.15) is 0 Å². The van der Waals surface area contributed by atoms with Gasteiger partial charge in [-0.1, -0.05) is 27.5 Å². The van der Waals surface area contributed by atoms with Crippen molar-refractivity contribution < 1.29 is 0 Å². The predicted octanol–water partition coefficient (Wildman–Crippen LogP) is 3.30. The Bertz CT molecular complexity index is 374. The minimum Gasteiger partial charge on any atom is -0.330 e. The molecule has 0 radical (unpaired) electrons. The summed E-state index contributed by atoms with van der Waals surface area (Å²) in [6.07, 6.45) is 1.21. The SMILES string of the molecule is Cl.NCC1CCN(Cc2cc(Br)ccc2Cl)C1. The van der Waals surface area contributed by atoms with Crippen LogP contribution < -0.4 is 5.73 Å². The first-order valence-corrected chi connectivity index (χ1v) is 6.72. The molecule has 0 bridgehead atoms. The summed E-state index contributed by atoms with van der Waals surface area (Å²) >= 11 is 9.65. The van der Waals surface area contributed by atoms with Crippen molar-refractivity contribution in [3.8, 4) is 0 Å². The zero-order chi connectivity index (χ0) is 11.5. The molecule has 1 unspecified atom stereocenters. The molecule has 1 atom stereocenters. The Morgan fingerprint density at radius 2 is 2.24 bits per heavy atom. The van der Waals surface area contributed by atoms with E-state index < -0.39 is 0 Å². The molecule has 1 fully saturated rings. The van der Waals surface area contributed by atoms with Gasteiger partial charge in [0.05, 0.1) is 0 Å². The number of nitrogens with two attached hydrogens (primary N) is 1. The van der Waals surface area contributed by atoms with Crippen molar-refractivity contribution in [1.82, 2.24) is 4.90 Å². The fraction of sp³-hybridized carbons (Fsp3) is 0.500. The topological polar surface area (TPSA) is 29.3 Å². The summed E-state index contributed by atoms with van der Waals surface area (Å²) in [7, 11) is 0. The molecule has 0 amide bonds. The predicted molar refractivity (Wildman–Crippen MR) is 78.8 cm³/mol. The van der Waals surface area contributed by atoms with Gasteiger partial charge in [-0.3, -0.25) is 4.90 Å². The van der Waals surface area contributed by atoms with Gasteiger partial charge in [-0.2, -0.15) is 0 Å². The number of benzene rings is 1. The van der Waals surface area contributed by atoms with Crippen LogP contribution in [0.4, 0.5) is 0 Å². The molecule has 1 aliphatic heterocycles. The van der Waals surface area contributed by atoms with Crippen LogP contribution in [0.3, 0.4) is 0 Å². The molecular weight excluding hydrogens is 323 g/mol. The molecule has 2 rings (SSSR count). The van der Waals surface area contributed by atoms with E-state index in [0.717, 1.165) is 35.7 Å². The quantitative estimate of drug-likeness (QED) is 0.915. The molecule has 1 aromatic carbocycles. The number of rotatable bonds is 3. The molecule has 1 heterocycles. The smallest absolute Gasteiger partial charge is 0.0451 e. The number of halogens is 3. The Morgan fingerprint density at radius 3 is 2.88 bits per heavy atom. The van der Waals surface area contributed by atoms with Crippen LogP contribution >= 0.6 is 39.9 Å². The van der Waals surface area contributed by atoms with Crippen molar-refractivity contribution in [3.63, 3.8) is 0 Å². The monoisotopic (exact) mass is 338 g/mol. The Balaban J connectivity index is 0.00000144. The highest BCUT2D eigenvalue weighted by molar-refractivity contribution is 9.10. The van der Waals surface area contributed by atoms with Crippen molar-refractivity contribution in [3.05, 3.63) is 33.3 Å². The molecule has 0 saturated carbocycles. The molecule has 96 valence electrons. The summed E-state index contributed by atoms with van der Waals surface area (Å²) < 4.78 is 1.08. The molecule has 0 aromatic heterocycles. The first-order chi connectivity index (χ1) is 7.69. The van der Waals surface area contributed by atoms with Crippen LogP contribution in [0, 0.1) is 5.92 Å². The van der Waals surface area contributed by atoms with E-state index in [1.807, 2.05) is 12.1 Å². The van der Waals surface area contributed by atoms with E-state index in [4.69, 9.17) is 17.3 Å². The van der Waals surface area contributed by atoms with E-state index in [1.54, 1.807) is 0 Å². The highest BCUT2D eigenvalue weighted by atomic mass is 79.9. The maximum absolute atomic E-state index is 6.17. The minimum absolute atomic E-state index is 0. The third-order valence-electron chi connectivity index (χ3n) is 3.11. The van der Waals surface area contributed by atoms with Gasteiger partial charge >= 0.3 is 0 Å². The summed E-state index contributed by atoms with van der Waals surface area (Å²) in [6, 6.07) is 6.01. The maximum atomic E-state index is 6.17. The van der Waals surface area contributed by atoms with Crippen molar-refractivity contribution >= 4 is 39.9 Å². The second kappa shape index (κ2) is 6.95. The summed E-state index contributed by atoms with van der Waals surface area (Å²) in [5.41, 5.74) is 6.87. The second-order valence-electron chi connectivity index (χ2n) is 4.36. The summed E-state index contributed by atoms with van der Waals surface area (Å²) in [5.74, 6) is 0.658. The van der Waals surface area contributed by atoms with Crippen molar-refractivity contribution in [1.29, 1.82) is 0 Å². The van der Waals surface area contributed by atoms with E-state index in [2.05, 4.69) is 26.9 Å². The van der Waals surface area contributed by atoms with Crippen molar-refractivity contribution in [2.45, 2.75) is 13.0 Å². The summed E-state index contributed by atoms with van der Waals surface area (Å²) in [6.45, 7) is 3.95. The Hall–Kier alpha value is 0.200. The maximum Gasteiger partial charge on any atom is 0.0451 e. The Kier molecular flexibility index (Phi) is 6.24. The number of likely N-dealkylation sites (tertiary alicyclic amines) is 1. The Labute approximate surface area is 122 Å². The third-order valence-corrected chi connectivity index (χ3v) is 3.97. The van der Waals surface area contributed by atoms with Gasteiger partial charge in [-0.15, -0.1) is 12.4 Å². The lowest BCUT2D eigenvalue weighted by Gasteiger charge is -2.16. The highest BCUT2D eigenvalue weighted by Gasteiger charge is 2.21. The van der Waals surface area contributed by atoms with Gasteiger partial charge in [0.25, 0.3) is 0 Å². The minimum atomic E-state index is 0. The van der Waals surface area contributed by atoms with Crippen LogP contribution in [0.1, 0.15) is 12.0 Å². The van der Waals surface area contributed by atoms with E-state index in [0.29, 0.717) is 5.92 Å². The number of nitrogens with zero attached hydrogens (tertiary/aromatic N) is 1. The second-order valence-corrected chi connectivity index (χ2v) is 5.68. The molecule has 2 nitrogen and oxygen atoms in total. The van der Waals surface area contributed by atoms with Gasteiger partial charge < -0.3 is 5.73 Å². The van der Waals surface area contributed by atoms with Gasteiger partial charge in [-0.25, -0.2) is 0 Å². The van der Waals surface area contributed by atoms with Crippen LogP contribution in [-0.4, -0.2) is 24.5 Å². The van der Waals surface area contributed by atoms with E-state index in [-0.39, 0.29) is 12.4 Å². The number of hydrogen-bond acceptors (Lipinski definition) is 2. The van der Waals surface area contributed by atoms with Gasteiger partial charge in [0.2, 0.25) is 0 Å². The van der Waals surface area contributed by atoms with E-state index in [9.17, 15) is 0 Å². The van der Waals surface area contributed by atoms with Gasteiger partial charge in [0.15, 0.2) is 0 Å². The van der Waals surface area contributed by atoms with Crippen LogP contribution in [-0.2, 0) is 6.54 Å². The molecule has 0 aliphatic carbocycles. The molecule has 1 aromatic rings. The average molecular weight is 340 g/mol. The van der Waals surface area contributed by atoms with Gasteiger partial charge in [0, 0.05) is 22.6 Å². The lowest BCUT2D eigenvalue weighted by atomic mass is 10.1. The molecular formula is C12H17BrCl2N2. The van der Waals surface area contributed by atoms with Crippen molar-refractivity contribution in [2.24, 2.45) is 11.7 Å². The fourth-order valence-electron chi connectivity index (χ4n) is 2.15. The first-order valence-electron chi connectivity index (χ1n) is 5.55. The first kappa shape index (κ1) is 15.3. The summed E-state index contributed by atoms with van der Waals surface area (Å²) in [4.78, 5) is 2.42.